The SMILES string of the molecule is CC(NC(=O)C(C)Oc1cccc(C(C)(C)C)c1)C(=O)NCc1ccccc1. The van der Waals surface area contributed by atoms with Gasteiger partial charge in [0.25, 0.3) is 5.91 Å². The maximum atomic E-state index is 12.4. The maximum absolute atomic E-state index is 12.4. The lowest BCUT2D eigenvalue weighted by Crippen LogP contribution is -2.48. The lowest BCUT2D eigenvalue weighted by Gasteiger charge is -2.22. The van der Waals surface area contributed by atoms with Crippen LogP contribution in [0, 0.1) is 0 Å². The summed E-state index contributed by atoms with van der Waals surface area (Å²) in [4.78, 5) is 24.6. The summed E-state index contributed by atoms with van der Waals surface area (Å²) in [6.07, 6.45) is -0.709. The van der Waals surface area contributed by atoms with Crippen molar-refractivity contribution in [3.63, 3.8) is 0 Å². The first-order chi connectivity index (χ1) is 13.2. The third-order valence-electron chi connectivity index (χ3n) is 4.44. The Balaban J connectivity index is 1.86. The van der Waals surface area contributed by atoms with Crippen LogP contribution >= 0.6 is 0 Å². The van der Waals surface area contributed by atoms with Crippen LogP contribution in [0.4, 0.5) is 0 Å². The van der Waals surface area contributed by atoms with Crippen molar-refractivity contribution in [2.45, 2.75) is 58.7 Å². The largest absolute Gasteiger partial charge is 0.481 e. The van der Waals surface area contributed by atoms with Crippen LogP contribution in [0.15, 0.2) is 54.6 Å². The number of hydrogen-bond donors (Lipinski definition) is 2. The molecule has 2 unspecified atom stereocenters. The molecule has 2 aromatic carbocycles. The van der Waals surface area contributed by atoms with Crippen molar-refractivity contribution >= 4 is 11.8 Å². The van der Waals surface area contributed by atoms with Crippen LogP contribution in [0.2, 0.25) is 0 Å². The minimum Gasteiger partial charge on any atom is -0.481 e. The van der Waals surface area contributed by atoms with Gasteiger partial charge in [-0.25, -0.2) is 0 Å². The highest BCUT2D eigenvalue weighted by Crippen LogP contribution is 2.26. The highest BCUT2D eigenvalue weighted by molar-refractivity contribution is 5.89. The smallest absolute Gasteiger partial charge is 0.261 e. The zero-order chi connectivity index (χ0) is 20.7. The van der Waals surface area contributed by atoms with E-state index in [1.54, 1.807) is 13.8 Å². The van der Waals surface area contributed by atoms with E-state index >= 15 is 0 Å². The molecular weight excluding hydrogens is 352 g/mol. The molecule has 2 atom stereocenters. The Hall–Kier alpha value is -2.82. The number of benzene rings is 2. The molecule has 5 nitrogen and oxygen atoms in total. The number of nitrogens with one attached hydrogen (secondary N) is 2. The minimum atomic E-state index is -0.709. The monoisotopic (exact) mass is 382 g/mol. The lowest BCUT2D eigenvalue weighted by molar-refractivity contribution is -0.132. The van der Waals surface area contributed by atoms with E-state index in [2.05, 4.69) is 31.4 Å². The van der Waals surface area contributed by atoms with E-state index in [0.717, 1.165) is 11.1 Å². The lowest BCUT2D eigenvalue weighted by atomic mass is 9.87. The molecule has 2 amide bonds. The van der Waals surface area contributed by atoms with Crippen LogP contribution in [0.5, 0.6) is 5.75 Å². The Morgan fingerprint density at radius 3 is 2.29 bits per heavy atom. The molecule has 0 fully saturated rings. The number of carbonyl (C=O) groups excluding carboxylic acids is 2. The maximum Gasteiger partial charge on any atom is 0.261 e. The second-order valence-corrected chi connectivity index (χ2v) is 7.97. The van der Waals surface area contributed by atoms with Gasteiger partial charge in [0, 0.05) is 6.54 Å². The number of amides is 2. The van der Waals surface area contributed by atoms with Gasteiger partial charge in [-0.2, -0.15) is 0 Å². The standard InChI is InChI=1S/C23H30N2O3/c1-16(21(26)24-15-18-10-7-6-8-11-18)25-22(27)17(2)28-20-13-9-12-19(14-20)23(3,4)5/h6-14,16-17H,15H2,1-5H3,(H,24,26)(H,25,27). The summed E-state index contributed by atoms with van der Waals surface area (Å²) in [7, 11) is 0. The molecule has 150 valence electrons. The third-order valence-corrected chi connectivity index (χ3v) is 4.44. The average Bonchev–Trinajstić information content (AvgIpc) is 2.66. The molecule has 0 bridgehead atoms. The van der Waals surface area contributed by atoms with Crippen LogP contribution in [-0.2, 0) is 21.5 Å². The van der Waals surface area contributed by atoms with E-state index in [1.165, 1.54) is 0 Å². The third kappa shape index (κ3) is 6.41. The molecule has 0 radical (unpaired) electrons. The molecule has 0 saturated heterocycles. The zero-order valence-electron chi connectivity index (χ0n) is 17.3. The molecule has 2 rings (SSSR count). The molecule has 2 N–H and O–H groups in total. The predicted octanol–water partition coefficient (Wildman–Crippen LogP) is 3.57. The van der Waals surface area contributed by atoms with Crippen LogP contribution in [0.3, 0.4) is 0 Å². The fraction of sp³-hybridized carbons (Fsp3) is 0.391. The van der Waals surface area contributed by atoms with Gasteiger partial charge in [-0.3, -0.25) is 9.59 Å². The van der Waals surface area contributed by atoms with Gasteiger partial charge in [-0.05, 0) is 42.5 Å². The van der Waals surface area contributed by atoms with E-state index in [4.69, 9.17) is 4.74 Å². The van der Waals surface area contributed by atoms with Crippen LogP contribution < -0.4 is 15.4 Å². The molecule has 0 aliphatic carbocycles. The Morgan fingerprint density at radius 1 is 0.964 bits per heavy atom. The Kier molecular flexibility index (Phi) is 7.21. The molecule has 0 aromatic heterocycles. The topological polar surface area (TPSA) is 67.4 Å². The van der Waals surface area contributed by atoms with Gasteiger partial charge in [-0.1, -0.05) is 63.2 Å². The molecular formula is C23H30N2O3. The quantitative estimate of drug-likeness (QED) is 0.769. The molecule has 0 aliphatic rings. The molecule has 28 heavy (non-hydrogen) atoms. The first kappa shape index (κ1) is 21.5. The molecule has 0 heterocycles. The molecule has 0 spiro atoms. The first-order valence-corrected chi connectivity index (χ1v) is 9.56. The van der Waals surface area contributed by atoms with Gasteiger partial charge in [-0.15, -0.1) is 0 Å². The number of hydrogen-bond acceptors (Lipinski definition) is 3. The molecule has 0 saturated carbocycles. The van der Waals surface area contributed by atoms with Crippen LogP contribution in [-0.4, -0.2) is 24.0 Å². The average molecular weight is 383 g/mol. The van der Waals surface area contributed by atoms with Crippen molar-refractivity contribution in [3.05, 3.63) is 65.7 Å². The molecule has 2 aromatic rings. The van der Waals surface area contributed by atoms with Crippen molar-refractivity contribution < 1.29 is 14.3 Å². The van der Waals surface area contributed by atoms with E-state index < -0.39 is 12.1 Å². The van der Waals surface area contributed by atoms with Gasteiger partial charge < -0.3 is 15.4 Å². The summed E-state index contributed by atoms with van der Waals surface area (Å²) in [5.74, 6) is 0.0684. The van der Waals surface area contributed by atoms with Crippen LogP contribution in [0.1, 0.15) is 45.7 Å². The number of ether oxygens (including phenoxy) is 1. The van der Waals surface area contributed by atoms with Crippen molar-refractivity contribution in [2.75, 3.05) is 0 Å². The highest BCUT2D eigenvalue weighted by atomic mass is 16.5. The summed E-state index contributed by atoms with van der Waals surface area (Å²) in [6.45, 7) is 10.1. The fourth-order valence-electron chi connectivity index (χ4n) is 2.63. The summed E-state index contributed by atoms with van der Waals surface area (Å²) < 4.78 is 5.78. The normalized spacial score (nSPS) is 13.3. The molecule has 0 aliphatic heterocycles. The Bertz CT molecular complexity index is 797. The van der Waals surface area contributed by atoms with Crippen molar-refractivity contribution in [1.82, 2.24) is 10.6 Å². The van der Waals surface area contributed by atoms with Crippen molar-refractivity contribution in [2.24, 2.45) is 0 Å². The predicted molar refractivity (Wildman–Crippen MR) is 111 cm³/mol. The number of carbonyl (C=O) groups is 2. The van der Waals surface area contributed by atoms with Gasteiger partial charge in [0.1, 0.15) is 11.8 Å². The Morgan fingerprint density at radius 2 is 1.64 bits per heavy atom. The van der Waals surface area contributed by atoms with E-state index in [0.29, 0.717) is 12.3 Å². The van der Waals surface area contributed by atoms with Gasteiger partial charge in [0.2, 0.25) is 5.91 Å². The molecule has 5 heteroatoms. The van der Waals surface area contributed by atoms with E-state index in [-0.39, 0.29) is 17.2 Å². The minimum absolute atomic E-state index is 0.00375. The summed E-state index contributed by atoms with van der Waals surface area (Å²) in [5, 5.41) is 5.53. The zero-order valence-corrected chi connectivity index (χ0v) is 17.3. The fourth-order valence-corrected chi connectivity index (χ4v) is 2.63. The first-order valence-electron chi connectivity index (χ1n) is 9.56. The van der Waals surface area contributed by atoms with Gasteiger partial charge in [0.15, 0.2) is 6.10 Å². The van der Waals surface area contributed by atoms with Gasteiger partial charge >= 0.3 is 0 Å². The Labute approximate surface area is 167 Å². The second kappa shape index (κ2) is 9.40. The second-order valence-electron chi connectivity index (χ2n) is 7.97. The summed E-state index contributed by atoms with van der Waals surface area (Å²) in [5.41, 5.74) is 2.13. The van der Waals surface area contributed by atoms with Crippen molar-refractivity contribution in [1.29, 1.82) is 0 Å². The van der Waals surface area contributed by atoms with E-state index in [9.17, 15) is 9.59 Å². The number of rotatable bonds is 7. The van der Waals surface area contributed by atoms with Crippen LogP contribution in [0.25, 0.3) is 0 Å². The van der Waals surface area contributed by atoms with E-state index in [1.807, 2.05) is 54.6 Å². The highest BCUT2D eigenvalue weighted by Gasteiger charge is 2.21. The van der Waals surface area contributed by atoms with Crippen molar-refractivity contribution in [3.8, 4) is 5.75 Å². The van der Waals surface area contributed by atoms with Gasteiger partial charge in [0.05, 0.1) is 0 Å². The summed E-state index contributed by atoms with van der Waals surface area (Å²) in [6, 6.07) is 16.7. The summed E-state index contributed by atoms with van der Waals surface area (Å²) >= 11 is 0.